The lowest BCUT2D eigenvalue weighted by Crippen LogP contribution is -2.07. The summed E-state index contributed by atoms with van der Waals surface area (Å²) in [6.45, 7) is 5.89. The maximum Gasteiger partial charge on any atom is 0.185 e. The number of aromatic nitrogens is 1. The molecule has 0 amide bonds. The normalized spacial score (nSPS) is 11.1. The average Bonchev–Trinajstić information content (AvgIpc) is 2.68. The Morgan fingerprint density at radius 2 is 1.69 bits per heavy atom. The molecule has 0 saturated carbocycles. The molecule has 0 radical (unpaired) electrons. The van der Waals surface area contributed by atoms with Crippen molar-refractivity contribution in [2.45, 2.75) is 20.8 Å². The molecule has 0 bridgehead atoms. The van der Waals surface area contributed by atoms with Crippen molar-refractivity contribution in [1.29, 1.82) is 0 Å². The summed E-state index contributed by atoms with van der Waals surface area (Å²) in [5.41, 5.74) is 3.95. The minimum atomic E-state index is 0.402. The largest absolute Gasteiger partial charge is 0.507 e. The van der Waals surface area contributed by atoms with E-state index in [1.54, 1.807) is 11.3 Å². The van der Waals surface area contributed by atoms with Crippen LogP contribution in [0.5, 0.6) is 5.75 Å². The third kappa shape index (κ3) is 1.45. The zero-order valence-electron chi connectivity index (χ0n) is 10.2. The summed E-state index contributed by atoms with van der Waals surface area (Å²) in [6, 6.07) is 0. The molecule has 2 aromatic rings. The molecule has 0 saturated heterocycles. The van der Waals surface area contributed by atoms with Crippen molar-refractivity contribution in [2.75, 3.05) is 19.0 Å². The molecular weight excluding hydrogens is 220 g/mol. The second-order valence-electron chi connectivity index (χ2n) is 4.29. The van der Waals surface area contributed by atoms with E-state index in [0.717, 1.165) is 32.0 Å². The fourth-order valence-electron chi connectivity index (χ4n) is 1.75. The molecule has 0 spiro atoms. The first-order valence-electron chi connectivity index (χ1n) is 5.20. The molecule has 3 nitrogen and oxygen atoms in total. The lowest BCUT2D eigenvalue weighted by molar-refractivity contribution is 0.467. The second-order valence-corrected chi connectivity index (χ2v) is 5.27. The van der Waals surface area contributed by atoms with Crippen molar-refractivity contribution < 1.29 is 5.11 Å². The molecular formula is C12H16N2OS. The summed E-state index contributed by atoms with van der Waals surface area (Å²) in [5, 5.41) is 11.0. The predicted molar refractivity (Wildman–Crippen MR) is 69.8 cm³/mol. The molecule has 0 aliphatic heterocycles. The van der Waals surface area contributed by atoms with Gasteiger partial charge in [-0.2, -0.15) is 0 Å². The van der Waals surface area contributed by atoms with Crippen LogP contribution in [0.3, 0.4) is 0 Å². The van der Waals surface area contributed by atoms with Crippen LogP contribution in [0.15, 0.2) is 0 Å². The highest BCUT2D eigenvalue weighted by molar-refractivity contribution is 7.22. The highest BCUT2D eigenvalue weighted by atomic mass is 32.1. The smallest absolute Gasteiger partial charge is 0.185 e. The Morgan fingerprint density at radius 1 is 1.06 bits per heavy atom. The lowest BCUT2D eigenvalue weighted by atomic mass is 10.0. The zero-order chi connectivity index (χ0) is 12.0. The number of benzene rings is 1. The molecule has 86 valence electrons. The molecule has 0 atom stereocenters. The standard InChI is InChI=1S/C12H16N2OS/c1-6-7(2)10(15)8(3)11-9(6)13-12(16-11)14(4)5/h15H,1-5H3. The third-order valence-electron chi connectivity index (χ3n) is 2.97. The van der Waals surface area contributed by atoms with Crippen LogP contribution in [0.2, 0.25) is 0 Å². The minimum Gasteiger partial charge on any atom is -0.507 e. The number of thiazole rings is 1. The van der Waals surface area contributed by atoms with Crippen LogP contribution in [0.4, 0.5) is 5.13 Å². The molecule has 4 heteroatoms. The molecule has 1 aromatic carbocycles. The fraction of sp³-hybridized carbons (Fsp3) is 0.417. The van der Waals surface area contributed by atoms with E-state index in [9.17, 15) is 5.11 Å². The average molecular weight is 236 g/mol. The van der Waals surface area contributed by atoms with E-state index in [1.807, 2.05) is 39.8 Å². The van der Waals surface area contributed by atoms with Gasteiger partial charge < -0.3 is 10.0 Å². The summed E-state index contributed by atoms with van der Waals surface area (Å²) in [6.07, 6.45) is 0. The summed E-state index contributed by atoms with van der Waals surface area (Å²) >= 11 is 1.62. The number of rotatable bonds is 1. The third-order valence-corrected chi connectivity index (χ3v) is 4.31. The van der Waals surface area contributed by atoms with E-state index in [4.69, 9.17) is 0 Å². The van der Waals surface area contributed by atoms with Gasteiger partial charge in [-0.3, -0.25) is 0 Å². The van der Waals surface area contributed by atoms with E-state index >= 15 is 0 Å². The van der Waals surface area contributed by atoms with E-state index < -0.39 is 0 Å². The van der Waals surface area contributed by atoms with Crippen LogP contribution in [0, 0.1) is 20.8 Å². The van der Waals surface area contributed by atoms with Gasteiger partial charge in [0.1, 0.15) is 5.75 Å². The number of fused-ring (bicyclic) bond motifs is 1. The SMILES string of the molecule is Cc1c(O)c(C)c2sc(N(C)C)nc2c1C. The number of phenolic OH excluding ortho intramolecular Hbond substituents is 1. The van der Waals surface area contributed by atoms with Crippen molar-refractivity contribution in [3.8, 4) is 5.75 Å². The highest BCUT2D eigenvalue weighted by Crippen LogP contribution is 2.38. The topological polar surface area (TPSA) is 36.4 Å². The molecule has 1 heterocycles. The van der Waals surface area contributed by atoms with Gasteiger partial charge in [-0.15, -0.1) is 0 Å². The number of nitrogens with zero attached hydrogens (tertiary/aromatic N) is 2. The summed E-state index contributed by atoms with van der Waals surface area (Å²) in [4.78, 5) is 6.60. The molecule has 0 aliphatic carbocycles. The monoisotopic (exact) mass is 236 g/mol. The predicted octanol–water partition coefficient (Wildman–Crippen LogP) is 2.99. The number of aryl methyl sites for hydroxylation is 2. The summed E-state index contributed by atoms with van der Waals surface area (Å²) in [5.74, 6) is 0.402. The Morgan fingerprint density at radius 3 is 2.25 bits per heavy atom. The second kappa shape index (κ2) is 3.63. The Bertz CT molecular complexity index is 513. The molecule has 0 aliphatic rings. The molecule has 1 aromatic heterocycles. The minimum absolute atomic E-state index is 0.402. The van der Waals surface area contributed by atoms with Crippen LogP contribution in [0.25, 0.3) is 10.2 Å². The van der Waals surface area contributed by atoms with E-state index in [0.29, 0.717) is 5.75 Å². The van der Waals surface area contributed by atoms with Crippen molar-refractivity contribution in [2.24, 2.45) is 0 Å². The Hall–Kier alpha value is -1.29. The van der Waals surface area contributed by atoms with Crippen molar-refractivity contribution in [3.63, 3.8) is 0 Å². The van der Waals surface area contributed by atoms with Gasteiger partial charge in [-0.1, -0.05) is 11.3 Å². The maximum absolute atomic E-state index is 10.00. The Labute approximate surface area is 99.4 Å². The highest BCUT2D eigenvalue weighted by Gasteiger charge is 2.15. The van der Waals surface area contributed by atoms with Crippen molar-refractivity contribution in [3.05, 3.63) is 16.7 Å². The van der Waals surface area contributed by atoms with E-state index in [2.05, 4.69) is 4.98 Å². The Kier molecular flexibility index (Phi) is 2.54. The number of anilines is 1. The van der Waals surface area contributed by atoms with Crippen LogP contribution in [0.1, 0.15) is 16.7 Å². The molecule has 2 rings (SSSR count). The fourth-order valence-corrected chi connectivity index (χ4v) is 2.80. The van der Waals surface area contributed by atoms with Crippen molar-refractivity contribution >= 4 is 26.7 Å². The first-order chi connectivity index (χ1) is 7.43. The van der Waals surface area contributed by atoms with Crippen LogP contribution < -0.4 is 4.90 Å². The van der Waals surface area contributed by atoms with Gasteiger partial charge in [0, 0.05) is 19.7 Å². The lowest BCUT2D eigenvalue weighted by Gasteiger charge is -2.07. The van der Waals surface area contributed by atoms with Gasteiger partial charge in [0.15, 0.2) is 5.13 Å². The van der Waals surface area contributed by atoms with Gasteiger partial charge in [0.2, 0.25) is 0 Å². The number of hydrogen-bond donors (Lipinski definition) is 1. The van der Waals surface area contributed by atoms with Crippen molar-refractivity contribution in [1.82, 2.24) is 4.98 Å². The quantitative estimate of drug-likeness (QED) is 0.827. The van der Waals surface area contributed by atoms with Crippen LogP contribution >= 0.6 is 11.3 Å². The zero-order valence-corrected chi connectivity index (χ0v) is 11.1. The van der Waals surface area contributed by atoms with Gasteiger partial charge in [0.05, 0.1) is 10.2 Å². The van der Waals surface area contributed by atoms with Gasteiger partial charge >= 0.3 is 0 Å². The number of hydrogen-bond acceptors (Lipinski definition) is 4. The molecule has 0 fully saturated rings. The molecule has 0 unspecified atom stereocenters. The number of aromatic hydroxyl groups is 1. The van der Waals surface area contributed by atoms with Gasteiger partial charge in [-0.05, 0) is 31.9 Å². The number of phenols is 1. The van der Waals surface area contributed by atoms with Gasteiger partial charge in [0.25, 0.3) is 0 Å². The van der Waals surface area contributed by atoms with Gasteiger partial charge in [-0.25, -0.2) is 4.98 Å². The molecule has 16 heavy (non-hydrogen) atoms. The Balaban J connectivity index is 2.86. The van der Waals surface area contributed by atoms with Crippen LogP contribution in [-0.4, -0.2) is 24.2 Å². The van der Waals surface area contributed by atoms with Crippen LogP contribution in [-0.2, 0) is 0 Å². The first-order valence-corrected chi connectivity index (χ1v) is 6.01. The summed E-state index contributed by atoms with van der Waals surface area (Å²) < 4.78 is 1.09. The first kappa shape index (κ1) is 11.2. The maximum atomic E-state index is 10.00. The van der Waals surface area contributed by atoms with E-state index in [-0.39, 0.29) is 0 Å². The van der Waals surface area contributed by atoms with E-state index in [1.165, 1.54) is 0 Å². The summed E-state index contributed by atoms with van der Waals surface area (Å²) in [7, 11) is 3.96. The molecule has 1 N–H and O–H groups in total.